The summed E-state index contributed by atoms with van der Waals surface area (Å²) in [5.74, 6) is 1.17. The predicted molar refractivity (Wildman–Crippen MR) is 84.9 cm³/mol. The summed E-state index contributed by atoms with van der Waals surface area (Å²) in [6.07, 6.45) is 5.26. The summed E-state index contributed by atoms with van der Waals surface area (Å²) in [6, 6.07) is 6.30. The van der Waals surface area contributed by atoms with Gasteiger partial charge in [0.2, 0.25) is 0 Å². The Balaban J connectivity index is 1.58. The standard InChI is InChI=1S/C18H25NO3/c1-12-5-7-16-14(9-12)6-8-17(22-16)18(21)19-15-4-2-3-13(10-15)11-20/h5,7,9,13,15,17,20H,2-4,6,8,10-11H2,1H3,(H,19,21). The lowest BCUT2D eigenvalue weighted by atomic mass is 9.86. The van der Waals surface area contributed by atoms with Crippen LogP contribution in [0.2, 0.25) is 0 Å². The molecule has 1 aliphatic heterocycles. The van der Waals surface area contributed by atoms with Crippen LogP contribution in [0.1, 0.15) is 43.2 Å². The van der Waals surface area contributed by atoms with Crippen molar-refractivity contribution >= 4 is 5.91 Å². The van der Waals surface area contributed by atoms with E-state index in [4.69, 9.17) is 4.74 Å². The van der Waals surface area contributed by atoms with Gasteiger partial charge in [-0.25, -0.2) is 0 Å². The van der Waals surface area contributed by atoms with Gasteiger partial charge in [0.25, 0.3) is 5.91 Å². The Morgan fingerprint density at radius 1 is 1.36 bits per heavy atom. The zero-order valence-corrected chi connectivity index (χ0v) is 13.2. The molecule has 4 nitrogen and oxygen atoms in total. The van der Waals surface area contributed by atoms with E-state index in [0.717, 1.165) is 44.3 Å². The van der Waals surface area contributed by atoms with Crippen molar-refractivity contribution in [3.8, 4) is 5.75 Å². The quantitative estimate of drug-likeness (QED) is 0.901. The molecule has 1 aromatic carbocycles. The maximum absolute atomic E-state index is 12.4. The number of hydrogen-bond donors (Lipinski definition) is 2. The van der Waals surface area contributed by atoms with Gasteiger partial charge < -0.3 is 15.2 Å². The summed E-state index contributed by atoms with van der Waals surface area (Å²) in [4.78, 5) is 12.4. The second-order valence-electron chi connectivity index (χ2n) is 6.68. The van der Waals surface area contributed by atoms with E-state index in [1.54, 1.807) is 0 Å². The molecule has 0 radical (unpaired) electrons. The lowest BCUT2D eigenvalue weighted by Crippen LogP contribution is -2.46. The van der Waals surface area contributed by atoms with E-state index >= 15 is 0 Å². The maximum Gasteiger partial charge on any atom is 0.261 e. The average Bonchev–Trinajstić information content (AvgIpc) is 2.54. The molecule has 0 bridgehead atoms. The van der Waals surface area contributed by atoms with Gasteiger partial charge in [-0.3, -0.25) is 4.79 Å². The fraction of sp³-hybridized carbons (Fsp3) is 0.611. The van der Waals surface area contributed by atoms with Gasteiger partial charge in [0.15, 0.2) is 6.10 Å². The molecule has 1 amide bonds. The molecule has 1 aromatic rings. The first-order chi connectivity index (χ1) is 10.7. The fourth-order valence-corrected chi connectivity index (χ4v) is 3.58. The van der Waals surface area contributed by atoms with Crippen molar-refractivity contribution in [3.05, 3.63) is 29.3 Å². The number of hydrogen-bond acceptors (Lipinski definition) is 3. The average molecular weight is 303 g/mol. The molecule has 2 N–H and O–H groups in total. The van der Waals surface area contributed by atoms with Gasteiger partial charge in [-0.1, -0.05) is 24.1 Å². The van der Waals surface area contributed by atoms with Gasteiger partial charge in [0, 0.05) is 12.6 Å². The van der Waals surface area contributed by atoms with Gasteiger partial charge in [-0.15, -0.1) is 0 Å². The highest BCUT2D eigenvalue weighted by atomic mass is 16.5. The van der Waals surface area contributed by atoms with Gasteiger partial charge in [0.1, 0.15) is 5.75 Å². The van der Waals surface area contributed by atoms with Crippen LogP contribution in [0.4, 0.5) is 0 Å². The summed E-state index contributed by atoms with van der Waals surface area (Å²) >= 11 is 0. The van der Waals surface area contributed by atoms with Crippen LogP contribution in [0.25, 0.3) is 0 Å². The van der Waals surface area contributed by atoms with Crippen molar-refractivity contribution in [1.82, 2.24) is 5.32 Å². The van der Waals surface area contributed by atoms with Crippen molar-refractivity contribution in [1.29, 1.82) is 0 Å². The number of nitrogens with one attached hydrogen (secondary N) is 1. The lowest BCUT2D eigenvalue weighted by molar-refractivity contribution is -0.129. The molecule has 1 heterocycles. The molecule has 3 unspecified atom stereocenters. The highest BCUT2D eigenvalue weighted by molar-refractivity contribution is 5.81. The highest BCUT2D eigenvalue weighted by Crippen LogP contribution is 2.29. The van der Waals surface area contributed by atoms with E-state index in [9.17, 15) is 9.90 Å². The highest BCUT2D eigenvalue weighted by Gasteiger charge is 2.29. The number of ether oxygens (including phenoxy) is 1. The van der Waals surface area contributed by atoms with Crippen LogP contribution >= 0.6 is 0 Å². The molecule has 3 atom stereocenters. The zero-order chi connectivity index (χ0) is 15.5. The summed E-state index contributed by atoms with van der Waals surface area (Å²) in [5.41, 5.74) is 2.42. The molecule has 3 rings (SSSR count). The Hall–Kier alpha value is -1.55. The Morgan fingerprint density at radius 2 is 2.23 bits per heavy atom. The van der Waals surface area contributed by atoms with E-state index in [1.165, 1.54) is 11.1 Å². The largest absolute Gasteiger partial charge is 0.480 e. The van der Waals surface area contributed by atoms with Crippen LogP contribution in [0.5, 0.6) is 5.75 Å². The molecule has 22 heavy (non-hydrogen) atoms. The molecule has 0 spiro atoms. The van der Waals surface area contributed by atoms with Crippen molar-refractivity contribution in [2.24, 2.45) is 5.92 Å². The van der Waals surface area contributed by atoms with Gasteiger partial charge >= 0.3 is 0 Å². The van der Waals surface area contributed by atoms with Crippen molar-refractivity contribution in [3.63, 3.8) is 0 Å². The first-order valence-corrected chi connectivity index (χ1v) is 8.33. The molecular weight excluding hydrogens is 278 g/mol. The first kappa shape index (κ1) is 15.3. The van der Waals surface area contributed by atoms with Crippen LogP contribution in [0.15, 0.2) is 18.2 Å². The number of rotatable bonds is 3. The van der Waals surface area contributed by atoms with E-state index < -0.39 is 0 Å². The monoisotopic (exact) mass is 303 g/mol. The predicted octanol–water partition coefficient (Wildman–Crippen LogP) is 2.36. The van der Waals surface area contributed by atoms with Crippen LogP contribution < -0.4 is 10.1 Å². The van der Waals surface area contributed by atoms with Crippen molar-refractivity contribution < 1.29 is 14.6 Å². The SMILES string of the molecule is Cc1ccc2c(c1)CCC(C(=O)NC1CCCC(CO)C1)O2. The molecule has 120 valence electrons. The molecule has 4 heteroatoms. The van der Waals surface area contributed by atoms with E-state index in [2.05, 4.69) is 18.3 Å². The third kappa shape index (κ3) is 3.43. The minimum atomic E-state index is -0.385. The molecule has 2 aliphatic rings. The Morgan fingerprint density at radius 3 is 3.05 bits per heavy atom. The number of aliphatic hydroxyl groups excluding tert-OH is 1. The van der Waals surface area contributed by atoms with E-state index in [-0.39, 0.29) is 24.7 Å². The smallest absolute Gasteiger partial charge is 0.261 e. The summed E-state index contributed by atoms with van der Waals surface area (Å²) in [6.45, 7) is 2.29. The summed E-state index contributed by atoms with van der Waals surface area (Å²) in [5, 5.41) is 12.4. The number of aryl methyl sites for hydroxylation is 2. The molecule has 0 saturated heterocycles. The molecule has 1 aliphatic carbocycles. The van der Waals surface area contributed by atoms with Gasteiger partial charge in [-0.2, -0.15) is 0 Å². The number of carbonyl (C=O) groups excluding carboxylic acids is 1. The fourth-order valence-electron chi connectivity index (χ4n) is 3.58. The van der Waals surface area contributed by atoms with Crippen molar-refractivity contribution in [2.75, 3.05) is 6.61 Å². The number of fused-ring (bicyclic) bond motifs is 1. The molecular formula is C18H25NO3. The van der Waals surface area contributed by atoms with Crippen molar-refractivity contribution in [2.45, 2.75) is 57.6 Å². The van der Waals surface area contributed by atoms with Crippen LogP contribution in [-0.2, 0) is 11.2 Å². The lowest BCUT2D eigenvalue weighted by Gasteiger charge is -2.31. The van der Waals surface area contributed by atoms with Crippen LogP contribution in [-0.4, -0.2) is 29.8 Å². The Labute approximate surface area is 131 Å². The Bertz CT molecular complexity index is 543. The number of aliphatic hydroxyl groups is 1. The molecule has 1 fully saturated rings. The number of amides is 1. The zero-order valence-electron chi connectivity index (χ0n) is 13.2. The third-order valence-corrected chi connectivity index (χ3v) is 4.84. The second-order valence-corrected chi connectivity index (χ2v) is 6.68. The van der Waals surface area contributed by atoms with Crippen LogP contribution in [0, 0.1) is 12.8 Å². The number of carbonyl (C=O) groups is 1. The van der Waals surface area contributed by atoms with Gasteiger partial charge in [0.05, 0.1) is 0 Å². The minimum Gasteiger partial charge on any atom is -0.480 e. The first-order valence-electron chi connectivity index (χ1n) is 8.33. The summed E-state index contributed by atoms with van der Waals surface area (Å²) in [7, 11) is 0. The topological polar surface area (TPSA) is 58.6 Å². The minimum absolute atomic E-state index is 0.00480. The van der Waals surface area contributed by atoms with E-state index in [0.29, 0.717) is 5.92 Å². The maximum atomic E-state index is 12.4. The van der Waals surface area contributed by atoms with E-state index in [1.807, 2.05) is 12.1 Å². The second kappa shape index (κ2) is 6.69. The number of benzene rings is 1. The van der Waals surface area contributed by atoms with Gasteiger partial charge in [-0.05, 0) is 56.6 Å². The molecule has 1 saturated carbocycles. The molecule has 0 aromatic heterocycles. The normalized spacial score (nSPS) is 27.6. The third-order valence-electron chi connectivity index (χ3n) is 4.84. The summed E-state index contributed by atoms with van der Waals surface area (Å²) < 4.78 is 5.88. The van der Waals surface area contributed by atoms with Crippen LogP contribution in [0.3, 0.4) is 0 Å². The Kier molecular flexibility index (Phi) is 4.67.